The molecule has 1 fully saturated rings. The normalized spacial score (nSPS) is 22.3. The maximum absolute atomic E-state index is 12.9. The van der Waals surface area contributed by atoms with E-state index in [4.69, 9.17) is 4.74 Å². The monoisotopic (exact) mass is 420 g/mol. The van der Waals surface area contributed by atoms with Crippen LogP contribution in [0.25, 0.3) is 0 Å². The van der Waals surface area contributed by atoms with E-state index in [9.17, 15) is 22.8 Å². The number of hydrogen-bond acceptors (Lipinski definition) is 4. The Hall–Kier alpha value is -2.87. The molecule has 2 aromatic rings. The van der Waals surface area contributed by atoms with Crippen molar-refractivity contribution in [2.45, 2.75) is 44.3 Å². The molecule has 30 heavy (non-hydrogen) atoms. The third-order valence-electron chi connectivity index (χ3n) is 5.13. The lowest BCUT2D eigenvalue weighted by Gasteiger charge is -2.44. The van der Waals surface area contributed by atoms with Crippen LogP contribution in [0.15, 0.2) is 60.7 Å². The summed E-state index contributed by atoms with van der Waals surface area (Å²) in [7, 11) is 0. The maximum Gasteiger partial charge on any atom is 0.471 e. The molecule has 160 valence electrons. The number of benzene rings is 2. The zero-order chi connectivity index (χ0) is 21.8. The minimum atomic E-state index is -4.99. The van der Waals surface area contributed by atoms with Gasteiger partial charge in [-0.2, -0.15) is 13.2 Å². The summed E-state index contributed by atoms with van der Waals surface area (Å²) >= 11 is 0. The number of nitrogens with one attached hydrogen (secondary N) is 1. The first-order chi connectivity index (χ1) is 14.2. The molecule has 1 saturated heterocycles. The molecule has 3 rings (SSSR count). The van der Waals surface area contributed by atoms with Crippen LogP contribution in [-0.4, -0.2) is 41.3 Å². The molecule has 2 unspecified atom stereocenters. The zero-order valence-corrected chi connectivity index (χ0v) is 16.5. The summed E-state index contributed by atoms with van der Waals surface area (Å²) in [6.07, 6.45) is -5.45. The SMILES string of the molecule is CC1(OC(=O)c2ccccc2)CCN(Cc2ccccc2)C(NC(=O)C(F)(F)F)C1. The minimum Gasteiger partial charge on any atom is -0.456 e. The highest BCUT2D eigenvalue weighted by molar-refractivity contribution is 5.89. The molecule has 0 aliphatic carbocycles. The van der Waals surface area contributed by atoms with Crippen molar-refractivity contribution in [3.63, 3.8) is 0 Å². The average Bonchev–Trinajstić information content (AvgIpc) is 2.71. The van der Waals surface area contributed by atoms with Gasteiger partial charge in [-0.3, -0.25) is 9.69 Å². The first kappa shape index (κ1) is 21.8. The quantitative estimate of drug-likeness (QED) is 0.746. The fourth-order valence-corrected chi connectivity index (χ4v) is 3.51. The lowest BCUT2D eigenvalue weighted by molar-refractivity contribution is -0.177. The van der Waals surface area contributed by atoms with E-state index in [1.165, 1.54) is 0 Å². The number of esters is 1. The number of carbonyl (C=O) groups is 2. The van der Waals surface area contributed by atoms with Gasteiger partial charge in [0, 0.05) is 19.5 Å². The van der Waals surface area contributed by atoms with Gasteiger partial charge >= 0.3 is 18.1 Å². The summed E-state index contributed by atoms with van der Waals surface area (Å²) in [5.41, 5.74) is 0.263. The Morgan fingerprint density at radius 2 is 1.70 bits per heavy atom. The van der Waals surface area contributed by atoms with Gasteiger partial charge in [-0.15, -0.1) is 0 Å². The highest BCUT2D eigenvalue weighted by Gasteiger charge is 2.45. The summed E-state index contributed by atoms with van der Waals surface area (Å²) in [5, 5.41) is 2.07. The largest absolute Gasteiger partial charge is 0.471 e. The molecule has 0 aromatic heterocycles. The first-order valence-corrected chi connectivity index (χ1v) is 9.60. The van der Waals surface area contributed by atoms with Crippen LogP contribution in [0.2, 0.25) is 0 Å². The van der Waals surface area contributed by atoms with E-state index in [-0.39, 0.29) is 6.42 Å². The number of nitrogens with zero attached hydrogens (tertiary/aromatic N) is 1. The molecule has 8 heteroatoms. The van der Waals surface area contributed by atoms with Gasteiger partial charge < -0.3 is 10.1 Å². The molecule has 2 atom stereocenters. The summed E-state index contributed by atoms with van der Waals surface area (Å²) < 4.78 is 44.3. The molecule has 0 saturated carbocycles. The summed E-state index contributed by atoms with van der Waals surface area (Å²) in [6, 6.07) is 17.7. The summed E-state index contributed by atoms with van der Waals surface area (Å²) in [5.74, 6) is -2.56. The summed E-state index contributed by atoms with van der Waals surface area (Å²) in [6.45, 7) is 2.41. The molecule has 0 bridgehead atoms. The topological polar surface area (TPSA) is 58.6 Å². The van der Waals surface area contributed by atoms with Crippen LogP contribution in [-0.2, 0) is 16.1 Å². The molecule has 2 aromatic carbocycles. The Labute approximate surface area is 172 Å². The molecule has 1 aliphatic rings. The number of likely N-dealkylation sites (tertiary alicyclic amines) is 1. The Morgan fingerprint density at radius 1 is 1.10 bits per heavy atom. The van der Waals surface area contributed by atoms with Gasteiger partial charge in [0.05, 0.1) is 11.7 Å². The van der Waals surface area contributed by atoms with Crippen LogP contribution in [0, 0.1) is 0 Å². The van der Waals surface area contributed by atoms with Crippen molar-refractivity contribution in [2.24, 2.45) is 0 Å². The van der Waals surface area contributed by atoms with Gasteiger partial charge in [0.2, 0.25) is 0 Å². The number of rotatable bonds is 5. The van der Waals surface area contributed by atoms with Crippen LogP contribution in [0.5, 0.6) is 0 Å². The third-order valence-corrected chi connectivity index (χ3v) is 5.13. The Bertz CT molecular complexity index is 874. The summed E-state index contributed by atoms with van der Waals surface area (Å²) in [4.78, 5) is 25.9. The molecular weight excluding hydrogens is 397 g/mol. The number of amides is 1. The zero-order valence-electron chi connectivity index (χ0n) is 16.5. The smallest absolute Gasteiger partial charge is 0.456 e. The van der Waals surface area contributed by atoms with Gasteiger partial charge in [0.15, 0.2) is 0 Å². The molecular formula is C22H23F3N2O3. The second kappa shape index (κ2) is 8.87. The molecule has 1 heterocycles. The van der Waals surface area contributed by atoms with Gasteiger partial charge in [-0.1, -0.05) is 48.5 Å². The molecule has 5 nitrogen and oxygen atoms in total. The molecule has 1 amide bonds. The first-order valence-electron chi connectivity index (χ1n) is 9.60. The Balaban J connectivity index is 1.76. The number of carbonyl (C=O) groups excluding carboxylic acids is 2. The van der Waals surface area contributed by atoms with Gasteiger partial charge in [0.25, 0.3) is 0 Å². The molecule has 0 spiro atoms. The molecule has 1 N–H and O–H groups in total. The van der Waals surface area contributed by atoms with Crippen molar-refractivity contribution < 1.29 is 27.5 Å². The number of piperidine rings is 1. The lowest BCUT2D eigenvalue weighted by Crippen LogP contribution is -2.59. The number of hydrogen-bond donors (Lipinski definition) is 1. The van der Waals surface area contributed by atoms with E-state index >= 15 is 0 Å². The van der Waals surface area contributed by atoms with Crippen molar-refractivity contribution in [1.29, 1.82) is 0 Å². The van der Waals surface area contributed by atoms with Crippen LogP contribution < -0.4 is 5.32 Å². The molecule has 0 radical (unpaired) electrons. The van der Waals surface area contributed by atoms with E-state index in [1.54, 1.807) is 42.2 Å². The lowest BCUT2D eigenvalue weighted by atomic mass is 9.90. The number of halogens is 3. The second-order valence-electron chi connectivity index (χ2n) is 7.60. The minimum absolute atomic E-state index is 0.0419. The van der Waals surface area contributed by atoms with Gasteiger partial charge in [-0.25, -0.2) is 4.79 Å². The fourth-order valence-electron chi connectivity index (χ4n) is 3.51. The van der Waals surface area contributed by atoms with Gasteiger partial charge in [0.1, 0.15) is 5.60 Å². The van der Waals surface area contributed by atoms with Crippen LogP contribution >= 0.6 is 0 Å². The highest BCUT2D eigenvalue weighted by Crippen LogP contribution is 2.31. The maximum atomic E-state index is 12.9. The second-order valence-corrected chi connectivity index (χ2v) is 7.60. The Morgan fingerprint density at radius 3 is 2.30 bits per heavy atom. The van der Waals surface area contributed by atoms with E-state index < -0.39 is 29.8 Å². The molecule has 1 aliphatic heterocycles. The standard InChI is InChI=1S/C22H23F3N2O3/c1-21(30-19(28)17-10-6-3-7-11-17)12-13-27(15-16-8-4-2-5-9-16)18(14-21)26-20(29)22(23,24)25/h2-11,18H,12-15H2,1H3,(H,26,29). The van der Waals surface area contributed by atoms with Gasteiger partial charge in [-0.05, 0) is 31.0 Å². The number of ether oxygens (including phenoxy) is 1. The van der Waals surface area contributed by atoms with Crippen molar-refractivity contribution in [2.75, 3.05) is 6.54 Å². The van der Waals surface area contributed by atoms with Crippen LogP contribution in [0.3, 0.4) is 0 Å². The van der Waals surface area contributed by atoms with E-state index in [0.717, 1.165) is 5.56 Å². The van der Waals surface area contributed by atoms with Crippen LogP contribution in [0.1, 0.15) is 35.7 Å². The van der Waals surface area contributed by atoms with Crippen molar-refractivity contribution in [1.82, 2.24) is 10.2 Å². The fraction of sp³-hybridized carbons (Fsp3) is 0.364. The number of alkyl halides is 3. The van der Waals surface area contributed by atoms with E-state index in [1.807, 2.05) is 30.3 Å². The van der Waals surface area contributed by atoms with Crippen molar-refractivity contribution in [3.8, 4) is 0 Å². The predicted octanol–water partition coefficient (Wildman–Crippen LogP) is 3.90. The van der Waals surface area contributed by atoms with Crippen molar-refractivity contribution in [3.05, 3.63) is 71.8 Å². The van der Waals surface area contributed by atoms with Crippen LogP contribution in [0.4, 0.5) is 13.2 Å². The predicted molar refractivity (Wildman–Crippen MR) is 104 cm³/mol. The van der Waals surface area contributed by atoms with E-state index in [2.05, 4.69) is 5.32 Å². The van der Waals surface area contributed by atoms with E-state index in [0.29, 0.717) is 25.1 Å². The Kier molecular flexibility index (Phi) is 6.45. The highest BCUT2D eigenvalue weighted by atomic mass is 19.4. The van der Waals surface area contributed by atoms with Crippen molar-refractivity contribution >= 4 is 11.9 Å². The average molecular weight is 420 g/mol. The third kappa shape index (κ3) is 5.60.